The van der Waals surface area contributed by atoms with Crippen molar-refractivity contribution in [1.29, 1.82) is 0 Å². The van der Waals surface area contributed by atoms with Gasteiger partial charge in [0, 0.05) is 38.0 Å². The van der Waals surface area contributed by atoms with Crippen LogP contribution in [0.2, 0.25) is 0 Å². The van der Waals surface area contributed by atoms with E-state index in [2.05, 4.69) is 20.2 Å². The van der Waals surface area contributed by atoms with Gasteiger partial charge in [0.25, 0.3) is 0 Å². The van der Waals surface area contributed by atoms with Crippen LogP contribution in [-0.4, -0.2) is 42.8 Å². The van der Waals surface area contributed by atoms with Crippen molar-refractivity contribution >= 4 is 11.8 Å². The van der Waals surface area contributed by atoms with Crippen molar-refractivity contribution < 1.29 is 4.74 Å². The van der Waals surface area contributed by atoms with Crippen LogP contribution >= 0.6 is 0 Å². The number of aromatic nitrogens is 2. The molecule has 1 aliphatic rings. The summed E-state index contributed by atoms with van der Waals surface area (Å²) in [5.41, 5.74) is 0.996. The van der Waals surface area contributed by atoms with Crippen LogP contribution in [0.3, 0.4) is 0 Å². The highest BCUT2D eigenvalue weighted by atomic mass is 16.5. The smallest absolute Gasteiger partial charge is 0.224 e. The summed E-state index contributed by atoms with van der Waals surface area (Å²) in [6, 6.07) is 2.03. The van der Waals surface area contributed by atoms with Gasteiger partial charge >= 0.3 is 0 Å². The van der Waals surface area contributed by atoms with Crippen LogP contribution in [0.15, 0.2) is 6.07 Å². The molecular weight excluding hydrogens is 216 g/mol. The second-order valence-electron chi connectivity index (χ2n) is 4.17. The van der Waals surface area contributed by atoms with Gasteiger partial charge in [-0.3, -0.25) is 0 Å². The fourth-order valence-electron chi connectivity index (χ4n) is 1.93. The van der Waals surface area contributed by atoms with Gasteiger partial charge in [0.05, 0.1) is 6.61 Å². The molecule has 0 unspecified atom stereocenters. The van der Waals surface area contributed by atoms with E-state index in [1.54, 1.807) is 0 Å². The molecule has 0 bridgehead atoms. The second-order valence-corrected chi connectivity index (χ2v) is 4.17. The maximum absolute atomic E-state index is 5.45. The summed E-state index contributed by atoms with van der Waals surface area (Å²) in [5, 5.41) is 3.16. The first kappa shape index (κ1) is 12.1. The fourth-order valence-corrected chi connectivity index (χ4v) is 1.93. The van der Waals surface area contributed by atoms with E-state index in [-0.39, 0.29) is 0 Å². The first-order valence-corrected chi connectivity index (χ1v) is 6.22. The van der Waals surface area contributed by atoms with Crippen LogP contribution in [0.1, 0.15) is 19.0 Å². The third kappa shape index (κ3) is 3.30. The van der Waals surface area contributed by atoms with Gasteiger partial charge < -0.3 is 15.0 Å². The van der Waals surface area contributed by atoms with Crippen molar-refractivity contribution in [2.45, 2.75) is 20.3 Å². The molecule has 5 heteroatoms. The molecule has 1 aromatic rings. The van der Waals surface area contributed by atoms with Crippen LogP contribution in [0.4, 0.5) is 11.8 Å². The number of hydrogen-bond acceptors (Lipinski definition) is 5. The third-order valence-corrected chi connectivity index (χ3v) is 2.72. The lowest BCUT2D eigenvalue weighted by Gasteiger charge is -2.21. The molecule has 2 heterocycles. The SMILES string of the molecule is CCNc1nc(C)cc(N2CCCOCC2)n1. The molecule has 1 fully saturated rings. The Morgan fingerprint density at radius 1 is 1.35 bits per heavy atom. The summed E-state index contributed by atoms with van der Waals surface area (Å²) >= 11 is 0. The third-order valence-electron chi connectivity index (χ3n) is 2.72. The van der Waals surface area contributed by atoms with Gasteiger partial charge in [0.2, 0.25) is 5.95 Å². The van der Waals surface area contributed by atoms with Gasteiger partial charge in [-0.25, -0.2) is 4.98 Å². The van der Waals surface area contributed by atoms with E-state index in [0.29, 0.717) is 5.95 Å². The molecule has 1 aromatic heterocycles. The van der Waals surface area contributed by atoms with Crippen molar-refractivity contribution in [3.63, 3.8) is 0 Å². The van der Waals surface area contributed by atoms with Crippen LogP contribution in [0.5, 0.6) is 0 Å². The van der Waals surface area contributed by atoms with E-state index in [9.17, 15) is 0 Å². The molecule has 2 rings (SSSR count). The predicted octanol–water partition coefficient (Wildman–Crippen LogP) is 1.44. The van der Waals surface area contributed by atoms with Crippen LogP contribution in [0.25, 0.3) is 0 Å². The van der Waals surface area contributed by atoms with Crippen molar-refractivity contribution in [2.75, 3.05) is 43.1 Å². The molecule has 1 aliphatic heterocycles. The minimum Gasteiger partial charge on any atom is -0.380 e. The number of nitrogens with one attached hydrogen (secondary N) is 1. The Bertz CT molecular complexity index is 362. The number of hydrogen-bond donors (Lipinski definition) is 1. The molecule has 0 saturated carbocycles. The average molecular weight is 236 g/mol. The van der Waals surface area contributed by atoms with Gasteiger partial charge in [0.1, 0.15) is 5.82 Å². The summed E-state index contributed by atoms with van der Waals surface area (Å²) in [6.45, 7) is 8.42. The summed E-state index contributed by atoms with van der Waals surface area (Å²) in [7, 11) is 0. The minimum absolute atomic E-state index is 0.715. The van der Waals surface area contributed by atoms with E-state index >= 15 is 0 Å². The van der Waals surface area contributed by atoms with Gasteiger partial charge in [-0.1, -0.05) is 0 Å². The largest absolute Gasteiger partial charge is 0.380 e. The molecule has 0 radical (unpaired) electrons. The minimum atomic E-state index is 0.715. The second kappa shape index (κ2) is 5.82. The quantitative estimate of drug-likeness (QED) is 0.860. The summed E-state index contributed by atoms with van der Waals surface area (Å²) in [6.07, 6.45) is 1.06. The highest BCUT2D eigenvalue weighted by Crippen LogP contribution is 2.16. The van der Waals surface area contributed by atoms with E-state index in [0.717, 1.165) is 50.8 Å². The van der Waals surface area contributed by atoms with E-state index in [1.165, 1.54) is 0 Å². The Balaban J connectivity index is 2.17. The Hall–Kier alpha value is -1.36. The van der Waals surface area contributed by atoms with Crippen LogP contribution in [0, 0.1) is 6.92 Å². The normalized spacial score (nSPS) is 16.7. The number of nitrogens with zero attached hydrogens (tertiary/aromatic N) is 3. The zero-order valence-electron chi connectivity index (χ0n) is 10.6. The number of rotatable bonds is 3. The van der Waals surface area contributed by atoms with Crippen molar-refractivity contribution in [1.82, 2.24) is 9.97 Å². The number of anilines is 2. The van der Waals surface area contributed by atoms with Gasteiger partial charge in [-0.2, -0.15) is 4.98 Å². The Morgan fingerprint density at radius 3 is 3.06 bits per heavy atom. The number of ether oxygens (including phenoxy) is 1. The number of aryl methyl sites for hydroxylation is 1. The van der Waals surface area contributed by atoms with Crippen LogP contribution in [-0.2, 0) is 4.74 Å². The lowest BCUT2D eigenvalue weighted by atomic mass is 10.3. The standard InChI is InChI=1S/C12H20N4O/c1-3-13-12-14-10(2)9-11(15-12)16-5-4-7-17-8-6-16/h9H,3-8H2,1-2H3,(H,13,14,15). The lowest BCUT2D eigenvalue weighted by Crippen LogP contribution is -2.27. The molecule has 0 spiro atoms. The highest BCUT2D eigenvalue weighted by molar-refractivity contribution is 5.44. The van der Waals surface area contributed by atoms with Gasteiger partial charge in [-0.05, 0) is 20.3 Å². The summed E-state index contributed by atoms with van der Waals surface area (Å²) < 4.78 is 5.45. The molecule has 94 valence electrons. The molecule has 0 atom stereocenters. The summed E-state index contributed by atoms with van der Waals surface area (Å²) in [4.78, 5) is 11.2. The molecule has 17 heavy (non-hydrogen) atoms. The molecule has 0 aromatic carbocycles. The fraction of sp³-hybridized carbons (Fsp3) is 0.667. The monoisotopic (exact) mass is 236 g/mol. The van der Waals surface area contributed by atoms with E-state index in [1.807, 2.05) is 19.9 Å². The molecule has 1 saturated heterocycles. The predicted molar refractivity (Wildman–Crippen MR) is 68.6 cm³/mol. The van der Waals surface area contributed by atoms with Crippen molar-refractivity contribution in [3.8, 4) is 0 Å². The van der Waals surface area contributed by atoms with E-state index in [4.69, 9.17) is 4.74 Å². The Morgan fingerprint density at radius 2 is 2.24 bits per heavy atom. The molecule has 1 N–H and O–H groups in total. The van der Waals surface area contributed by atoms with Crippen molar-refractivity contribution in [3.05, 3.63) is 11.8 Å². The Labute approximate surface area is 102 Å². The van der Waals surface area contributed by atoms with Gasteiger partial charge in [-0.15, -0.1) is 0 Å². The summed E-state index contributed by atoms with van der Waals surface area (Å²) in [5.74, 6) is 1.71. The Kier molecular flexibility index (Phi) is 4.14. The molecule has 0 amide bonds. The molecule has 0 aliphatic carbocycles. The topological polar surface area (TPSA) is 50.3 Å². The first-order chi connectivity index (χ1) is 8.29. The zero-order chi connectivity index (χ0) is 12.1. The molecular formula is C12H20N4O. The maximum atomic E-state index is 5.45. The average Bonchev–Trinajstić information content (AvgIpc) is 2.57. The van der Waals surface area contributed by atoms with Crippen LogP contribution < -0.4 is 10.2 Å². The molecule has 5 nitrogen and oxygen atoms in total. The lowest BCUT2D eigenvalue weighted by molar-refractivity contribution is 0.152. The van der Waals surface area contributed by atoms with Gasteiger partial charge in [0.15, 0.2) is 0 Å². The zero-order valence-corrected chi connectivity index (χ0v) is 10.6. The van der Waals surface area contributed by atoms with Crippen molar-refractivity contribution in [2.24, 2.45) is 0 Å². The van der Waals surface area contributed by atoms with E-state index < -0.39 is 0 Å². The maximum Gasteiger partial charge on any atom is 0.224 e. The first-order valence-electron chi connectivity index (χ1n) is 6.22. The highest BCUT2D eigenvalue weighted by Gasteiger charge is 2.12.